The summed E-state index contributed by atoms with van der Waals surface area (Å²) in [5, 5.41) is 9.27. The van der Waals surface area contributed by atoms with Gasteiger partial charge in [-0.25, -0.2) is 13.6 Å². The Morgan fingerprint density at radius 1 is 1.33 bits per heavy atom. The summed E-state index contributed by atoms with van der Waals surface area (Å²) in [5.41, 5.74) is -0.682. The molecule has 1 saturated heterocycles. The Balaban J connectivity index is 2.31. The minimum Gasteiger partial charge on any atom is -0.480 e. The Morgan fingerprint density at radius 2 is 1.95 bits per heavy atom. The number of carboxylic acid groups (broad SMARTS) is 1. The molecule has 1 N–H and O–H groups in total. The van der Waals surface area contributed by atoms with Crippen molar-refractivity contribution in [2.45, 2.75) is 32.2 Å². The molecular formula is C15H17F2NO3. The predicted octanol–water partition coefficient (Wildman–Crippen LogP) is 2.68. The van der Waals surface area contributed by atoms with Crippen molar-refractivity contribution in [1.82, 2.24) is 4.90 Å². The Hall–Kier alpha value is -1.98. The number of hydrogen-bond donors (Lipinski definition) is 1. The minimum atomic E-state index is -1.14. The first-order valence-electron chi connectivity index (χ1n) is 6.93. The van der Waals surface area contributed by atoms with Gasteiger partial charge in [0.1, 0.15) is 23.2 Å². The molecule has 6 heteroatoms. The first kappa shape index (κ1) is 15.4. The Labute approximate surface area is 121 Å². The van der Waals surface area contributed by atoms with Gasteiger partial charge in [-0.3, -0.25) is 4.79 Å². The van der Waals surface area contributed by atoms with Crippen molar-refractivity contribution in [2.75, 3.05) is 6.54 Å². The van der Waals surface area contributed by atoms with E-state index in [9.17, 15) is 23.5 Å². The van der Waals surface area contributed by atoms with Crippen LogP contribution in [0.4, 0.5) is 8.78 Å². The van der Waals surface area contributed by atoms with Crippen LogP contribution in [0.3, 0.4) is 0 Å². The van der Waals surface area contributed by atoms with E-state index < -0.39 is 35.1 Å². The summed E-state index contributed by atoms with van der Waals surface area (Å²) in [6.45, 7) is 2.15. The van der Waals surface area contributed by atoms with Crippen LogP contribution in [-0.4, -0.2) is 34.5 Å². The van der Waals surface area contributed by atoms with Gasteiger partial charge >= 0.3 is 5.97 Å². The van der Waals surface area contributed by atoms with Gasteiger partial charge in [-0.15, -0.1) is 0 Å². The molecule has 4 nitrogen and oxygen atoms in total. The highest BCUT2D eigenvalue weighted by atomic mass is 19.1. The van der Waals surface area contributed by atoms with Crippen molar-refractivity contribution < 1.29 is 23.5 Å². The standard InChI is InChI=1S/C15H17F2NO3/c1-2-9-6-7-18(12(8-9)15(20)21)14(19)13-10(16)4-3-5-11(13)17/h3-5,9,12H,2,6-8H2,1H3,(H,20,21). The van der Waals surface area contributed by atoms with E-state index in [-0.39, 0.29) is 12.5 Å². The van der Waals surface area contributed by atoms with E-state index in [2.05, 4.69) is 0 Å². The number of likely N-dealkylation sites (tertiary alicyclic amines) is 1. The number of hydrogen-bond acceptors (Lipinski definition) is 2. The van der Waals surface area contributed by atoms with Crippen LogP contribution in [0, 0.1) is 17.6 Å². The minimum absolute atomic E-state index is 0.197. The Morgan fingerprint density at radius 3 is 2.48 bits per heavy atom. The molecule has 0 bridgehead atoms. The van der Waals surface area contributed by atoms with Gasteiger partial charge in [0, 0.05) is 6.54 Å². The first-order chi connectivity index (χ1) is 9.95. The molecule has 0 saturated carbocycles. The number of rotatable bonds is 3. The molecule has 1 amide bonds. The quantitative estimate of drug-likeness (QED) is 0.933. The number of aliphatic carboxylic acids is 1. The SMILES string of the molecule is CCC1CCN(C(=O)c2c(F)cccc2F)C(C(=O)O)C1. The number of nitrogens with zero attached hydrogens (tertiary/aromatic N) is 1. The lowest BCUT2D eigenvalue weighted by Crippen LogP contribution is -2.50. The van der Waals surface area contributed by atoms with Gasteiger partial charge in [0.05, 0.1) is 0 Å². The largest absolute Gasteiger partial charge is 0.480 e. The van der Waals surface area contributed by atoms with Crippen molar-refractivity contribution in [2.24, 2.45) is 5.92 Å². The average Bonchev–Trinajstić information content (AvgIpc) is 2.46. The molecular weight excluding hydrogens is 280 g/mol. The monoisotopic (exact) mass is 297 g/mol. The summed E-state index contributed by atoms with van der Waals surface area (Å²) in [7, 11) is 0. The molecule has 1 aromatic rings. The molecule has 0 spiro atoms. The third kappa shape index (κ3) is 3.04. The summed E-state index contributed by atoms with van der Waals surface area (Å²) in [6.07, 6.45) is 1.77. The van der Waals surface area contributed by atoms with Crippen LogP contribution in [0.25, 0.3) is 0 Å². The normalized spacial score (nSPS) is 22.1. The summed E-state index contributed by atoms with van der Waals surface area (Å²) in [5.74, 6) is -3.77. The first-order valence-corrected chi connectivity index (χ1v) is 6.93. The number of carboxylic acids is 1. The molecule has 2 rings (SSSR count). The molecule has 2 atom stereocenters. The van der Waals surface area contributed by atoms with E-state index in [4.69, 9.17) is 0 Å². The zero-order valence-corrected chi connectivity index (χ0v) is 11.7. The van der Waals surface area contributed by atoms with Crippen LogP contribution in [0.1, 0.15) is 36.5 Å². The molecule has 114 valence electrons. The van der Waals surface area contributed by atoms with Crippen molar-refractivity contribution >= 4 is 11.9 Å². The van der Waals surface area contributed by atoms with Crippen LogP contribution in [0.5, 0.6) is 0 Å². The van der Waals surface area contributed by atoms with Gasteiger partial charge in [-0.1, -0.05) is 19.4 Å². The van der Waals surface area contributed by atoms with Gasteiger partial charge < -0.3 is 10.0 Å². The number of benzene rings is 1. The lowest BCUT2D eigenvalue weighted by atomic mass is 9.88. The number of carbonyl (C=O) groups is 2. The fourth-order valence-corrected chi connectivity index (χ4v) is 2.73. The topological polar surface area (TPSA) is 57.6 Å². The van der Waals surface area contributed by atoms with Gasteiger partial charge in [0.2, 0.25) is 0 Å². The highest BCUT2D eigenvalue weighted by molar-refractivity contribution is 5.97. The fourth-order valence-electron chi connectivity index (χ4n) is 2.73. The molecule has 0 aliphatic carbocycles. The molecule has 0 radical (unpaired) electrons. The van der Waals surface area contributed by atoms with Gasteiger partial charge in [0.15, 0.2) is 0 Å². The second-order valence-corrected chi connectivity index (χ2v) is 5.25. The van der Waals surface area contributed by atoms with E-state index in [0.717, 1.165) is 23.5 Å². The lowest BCUT2D eigenvalue weighted by molar-refractivity contribution is -0.144. The van der Waals surface area contributed by atoms with Crippen LogP contribution < -0.4 is 0 Å². The van der Waals surface area contributed by atoms with Crippen molar-refractivity contribution in [3.63, 3.8) is 0 Å². The van der Waals surface area contributed by atoms with E-state index in [1.54, 1.807) is 0 Å². The summed E-state index contributed by atoms with van der Waals surface area (Å²) in [4.78, 5) is 24.7. The summed E-state index contributed by atoms with van der Waals surface area (Å²) >= 11 is 0. The lowest BCUT2D eigenvalue weighted by Gasteiger charge is -2.37. The van der Waals surface area contributed by atoms with Gasteiger partial charge in [0.25, 0.3) is 5.91 Å². The van der Waals surface area contributed by atoms with E-state index >= 15 is 0 Å². The summed E-state index contributed by atoms with van der Waals surface area (Å²) < 4.78 is 27.4. The van der Waals surface area contributed by atoms with Crippen LogP contribution >= 0.6 is 0 Å². The molecule has 1 aliphatic heterocycles. The van der Waals surface area contributed by atoms with Crippen LogP contribution in [0.2, 0.25) is 0 Å². The molecule has 1 heterocycles. The maximum absolute atomic E-state index is 13.7. The van der Waals surface area contributed by atoms with Crippen molar-refractivity contribution in [3.05, 3.63) is 35.4 Å². The molecule has 21 heavy (non-hydrogen) atoms. The average molecular weight is 297 g/mol. The highest BCUT2D eigenvalue weighted by Crippen LogP contribution is 2.28. The zero-order chi connectivity index (χ0) is 15.6. The predicted molar refractivity (Wildman–Crippen MR) is 71.8 cm³/mol. The van der Waals surface area contributed by atoms with Crippen molar-refractivity contribution in [3.8, 4) is 0 Å². The number of piperidine rings is 1. The maximum atomic E-state index is 13.7. The van der Waals surface area contributed by atoms with Crippen LogP contribution in [0.15, 0.2) is 18.2 Å². The van der Waals surface area contributed by atoms with Gasteiger partial charge in [-0.05, 0) is 30.9 Å². The molecule has 0 aromatic heterocycles. The fraction of sp³-hybridized carbons (Fsp3) is 0.467. The third-order valence-electron chi connectivity index (χ3n) is 4.01. The maximum Gasteiger partial charge on any atom is 0.326 e. The zero-order valence-electron chi connectivity index (χ0n) is 11.7. The third-order valence-corrected chi connectivity index (χ3v) is 4.01. The molecule has 1 aliphatic rings. The number of halogens is 2. The molecule has 1 fully saturated rings. The van der Waals surface area contributed by atoms with E-state index in [1.165, 1.54) is 6.07 Å². The van der Waals surface area contributed by atoms with Crippen molar-refractivity contribution in [1.29, 1.82) is 0 Å². The molecule has 1 aromatic carbocycles. The number of carbonyl (C=O) groups excluding carboxylic acids is 1. The second-order valence-electron chi connectivity index (χ2n) is 5.25. The Bertz CT molecular complexity index is 542. The smallest absolute Gasteiger partial charge is 0.326 e. The summed E-state index contributed by atoms with van der Waals surface area (Å²) in [6, 6.07) is 2.12. The van der Waals surface area contributed by atoms with Crippen LogP contribution in [-0.2, 0) is 4.79 Å². The number of amides is 1. The molecule has 2 unspecified atom stereocenters. The van der Waals surface area contributed by atoms with E-state index in [0.29, 0.717) is 12.8 Å². The second kappa shape index (κ2) is 6.20. The Kier molecular flexibility index (Phi) is 4.55. The highest BCUT2D eigenvalue weighted by Gasteiger charge is 2.37. The van der Waals surface area contributed by atoms with E-state index in [1.807, 2.05) is 6.92 Å². The van der Waals surface area contributed by atoms with Gasteiger partial charge in [-0.2, -0.15) is 0 Å².